The molecule has 1 aliphatic heterocycles. The van der Waals surface area contributed by atoms with Crippen LogP contribution in [0.1, 0.15) is 121 Å². The van der Waals surface area contributed by atoms with Crippen molar-refractivity contribution in [3.8, 4) is 11.5 Å². The number of hydrogen-bond acceptors (Lipinski definition) is 13. The molecule has 3 rings (SSSR count). The van der Waals surface area contributed by atoms with Crippen molar-refractivity contribution < 1.29 is 52.4 Å². The normalized spacial score (nSPS) is 16.2. The number of nitrogens with one attached hydrogen (secondary N) is 6. The first kappa shape index (κ1) is 55.3. The largest absolute Gasteiger partial charge is 0.492 e. The first-order valence-corrected chi connectivity index (χ1v) is 23.6. The van der Waals surface area contributed by atoms with Gasteiger partial charge in [-0.15, -0.1) is 0 Å². The molecule has 1 unspecified atom stereocenters. The Kier molecular flexibility index (Phi) is 26.7. The first-order valence-electron chi connectivity index (χ1n) is 23.6. The third-order valence-electron chi connectivity index (χ3n) is 10.2. The van der Waals surface area contributed by atoms with Gasteiger partial charge in [0.05, 0.1) is 68.5 Å². The molecule has 18 nitrogen and oxygen atoms in total. The highest BCUT2D eigenvalue weighted by atomic mass is 16.6. The lowest BCUT2D eigenvalue weighted by Crippen LogP contribution is -2.44. The van der Waals surface area contributed by atoms with Crippen molar-refractivity contribution in [2.24, 2.45) is 0 Å². The standard InChI is InChI=1S/C48H77N7O11/c1-7-9-28-64-41-37-16-13-17-38(41)44(57)51-23-25-55(27-30-62-33-34-63-32-31-61-6)26-24-52-45(58)39-18-14-19-40(42(39)65-29-10-8-2)46(59)54-36(35-49-21-22-50-43(37)56)15-11-12-20-53-47(60)66-48(3,4)5/h13-14,16-19,36,49H,7-12,15,20-35H2,1-6H3,(H,50,56)(H,51,57)(H,52,58)(H,53,60)(H,54,59). The summed E-state index contributed by atoms with van der Waals surface area (Å²) in [5.74, 6) is -1.14. The van der Waals surface area contributed by atoms with Gasteiger partial charge in [0.15, 0.2) is 0 Å². The van der Waals surface area contributed by atoms with Gasteiger partial charge in [-0.25, -0.2) is 4.79 Å². The Morgan fingerprint density at radius 3 is 1.71 bits per heavy atom. The summed E-state index contributed by atoms with van der Waals surface area (Å²) < 4.78 is 34.0. The van der Waals surface area contributed by atoms with Gasteiger partial charge in [0.1, 0.15) is 17.1 Å². The van der Waals surface area contributed by atoms with Gasteiger partial charge >= 0.3 is 6.09 Å². The van der Waals surface area contributed by atoms with Gasteiger partial charge in [0, 0.05) is 72.1 Å². The van der Waals surface area contributed by atoms with Gasteiger partial charge in [-0.1, -0.05) is 38.8 Å². The van der Waals surface area contributed by atoms with Crippen LogP contribution in [0.4, 0.5) is 4.79 Å². The van der Waals surface area contributed by atoms with E-state index in [-0.39, 0.29) is 71.2 Å². The lowest BCUT2D eigenvalue weighted by Gasteiger charge is -2.24. The van der Waals surface area contributed by atoms with Gasteiger partial charge in [0.2, 0.25) is 0 Å². The molecular formula is C48H77N7O11. The fraction of sp³-hybridized carbons (Fsp3) is 0.646. The molecule has 1 atom stereocenters. The predicted molar refractivity (Wildman–Crippen MR) is 253 cm³/mol. The molecule has 0 fully saturated rings. The molecule has 6 N–H and O–H groups in total. The smallest absolute Gasteiger partial charge is 0.407 e. The number of amides is 5. The quantitative estimate of drug-likeness (QED) is 0.0910. The number of hydrogen-bond donors (Lipinski definition) is 6. The van der Waals surface area contributed by atoms with Crippen LogP contribution in [0, 0.1) is 0 Å². The molecule has 370 valence electrons. The molecule has 0 aliphatic carbocycles. The van der Waals surface area contributed by atoms with Gasteiger partial charge in [-0.3, -0.25) is 24.1 Å². The molecule has 2 aromatic rings. The molecule has 0 spiro atoms. The van der Waals surface area contributed by atoms with Gasteiger partial charge in [-0.05, 0) is 77.1 Å². The van der Waals surface area contributed by atoms with Crippen molar-refractivity contribution in [3.05, 3.63) is 58.7 Å². The zero-order chi connectivity index (χ0) is 48.0. The van der Waals surface area contributed by atoms with E-state index in [9.17, 15) is 24.0 Å². The Hall–Kier alpha value is -5.01. The van der Waals surface area contributed by atoms with Crippen LogP contribution in [-0.4, -0.2) is 159 Å². The van der Waals surface area contributed by atoms with Crippen molar-refractivity contribution in [1.29, 1.82) is 0 Å². The Balaban J connectivity index is 1.89. The maximum absolute atomic E-state index is 14.1. The highest BCUT2D eigenvalue weighted by molar-refractivity contribution is 6.05. The number of fused-ring (bicyclic) bond motifs is 4. The zero-order valence-electron chi connectivity index (χ0n) is 40.2. The topological polar surface area (TPSA) is 216 Å². The van der Waals surface area contributed by atoms with Crippen LogP contribution in [0.15, 0.2) is 36.4 Å². The maximum Gasteiger partial charge on any atom is 0.407 e. The Bertz CT molecular complexity index is 1770. The summed E-state index contributed by atoms with van der Waals surface area (Å²) >= 11 is 0. The van der Waals surface area contributed by atoms with Crippen molar-refractivity contribution in [2.45, 2.75) is 91.2 Å². The third-order valence-corrected chi connectivity index (χ3v) is 10.2. The summed E-state index contributed by atoms with van der Waals surface area (Å²) in [6.45, 7) is 15.5. The molecule has 0 saturated heterocycles. The number of nitrogens with zero attached hydrogens (tertiary/aromatic N) is 1. The average Bonchev–Trinajstić information content (AvgIpc) is 3.28. The number of methoxy groups -OCH3 is 1. The molecule has 4 bridgehead atoms. The number of carbonyl (C=O) groups excluding carboxylic acids is 5. The number of para-hydroxylation sites is 2. The van der Waals surface area contributed by atoms with E-state index < -0.39 is 23.5 Å². The summed E-state index contributed by atoms with van der Waals surface area (Å²) in [4.78, 5) is 69.7. The first-order chi connectivity index (χ1) is 31.9. The molecule has 1 heterocycles. The fourth-order valence-electron chi connectivity index (χ4n) is 6.72. The van der Waals surface area contributed by atoms with Crippen molar-refractivity contribution in [2.75, 3.05) is 112 Å². The Morgan fingerprint density at radius 1 is 0.667 bits per heavy atom. The van der Waals surface area contributed by atoms with Crippen LogP contribution in [0.3, 0.4) is 0 Å². The molecule has 1 aliphatic rings. The zero-order valence-corrected chi connectivity index (χ0v) is 40.2. The lowest BCUT2D eigenvalue weighted by atomic mass is 10.0. The van der Waals surface area contributed by atoms with E-state index in [1.54, 1.807) is 64.3 Å². The van der Waals surface area contributed by atoms with Crippen LogP contribution in [0.5, 0.6) is 11.5 Å². The van der Waals surface area contributed by atoms with Crippen LogP contribution in [0.2, 0.25) is 0 Å². The average molecular weight is 928 g/mol. The van der Waals surface area contributed by atoms with Gasteiger partial charge < -0.3 is 60.3 Å². The second kappa shape index (κ2) is 31.8. The minimum atomic E-state index is -0.614. The minimum absolute atomic E-state index is 0.202. The third kappa shape index (κ3) is 21.5. The number of benzene rings is 2. The summed E-state index contributed by atoms with van der Waals surface area (Å²) in [5, 5.41) is 18.2. The highest BCUT2D eigenvalue weighted by Gasteiger charge is 2.25. The maximum atomic E-state index is 14.1. The number of rotatable bonds is 22. The molecule has 66 heavy (non-hydrogen) atoms. The minimum Gasteiger partial charge on any atom is -0.492 e. The summed E-state index contributed by atoms with van der Waals surface area (Å²) in [7, 11) is 1.61. The monoisotopic (exact) mass is 928 g/mol. The van der Waals surface area contributed by atoms with E-state index in [0.717, 1.165) is 25.7 Å². The molecule has 2 aromatic carbocycles. The van der Waals surface area contributed by atoms with Crippen molar-refractivity contribution >= 4 is 29.7 Å². The number of carbonyl (C=O) groups is 5. The molecule has 0 saturated carbocycles. The lowest BCUT2D eigenvalue weighted by molar-refractivity contribution is 0.0196. The van der Waals surface area contributed by atoms with E-state index in [1.165, 1.54) is 0 Å². The van der Waals surface area contributed by atoms with E-state index in [2.05, 4.69) is 36.8 Å². The predicted octanol–water partition coefficient (Wildman–Crippen LogP) is 4.31. The van der Waals surface area contributed by atoms with E-state index in [0.29, 0.717) is 105 Å². The van der Waals surface area contributed by atoms with Crippen molar-refractivity contribution in [3.63, 3.8) is 0 Å². The van der Waals surface area contributed by atoms with Gasteiger partial charge in [0.25, 0.3) is 23.6 Å². The number of alkyl carbamates (subject to hydrolysis) is 1. The van der Waals surface area contributed by atoms with E-state index in [4.69, 9.17) is 28.4 Å². The Labute approximate surface area is 391 Å². The van der Waals surface area contributed by atoms with Gasteiger partial charge in [-0.2, -0.15) is 0 Å². The van der Waals surface area contributed by atoms with Crippen LogP contribution >= 0.6 is 0 Å². The molecular weight excluding hydrogens is 851 g/mol. The molecule has 18 heteroatoms. The number of ether oxygens (including phenoxy) is 6. The number of unbranched alkanes of at least 4 members (excludes halogenated alkanes) is 3. The Morgan fingerprint density at radius 2 is 1.18 bits per heavy atom. The molecule has 0 radical (unpaired) electrons. The summed E-state index contributed by atoms with van der Waals surface area (Å²) in [5.41, 5.74) is 0.357. The second-order valence-electron chi connectivity index (χ2n) is 16.9. The van der Waals surface area contributed by atoms with Crippen LogP contribution < -0.4 is 41.4 Å². The van der Waals surface area contributed by atoms with Crippen LogP contribution in [-0.2, 0) is 18.9 Å². The molecule has 5 amide bonds. The molecule has 0 aromatic heterocycles. The summed E-state index contributed by atoms with van der Waals surface area (Å²) in [6, 6.07) is 9.54. The van der Waals surface area contributed by atoms with Crippen molar-refractivity contribution in [1.82, 2.24) is 36.8 Å². The second-order valence-corrected chi connectivity index (χ2v) is 16.9. The SMILES string of the molecule is CCCCOc1c2cccc1C(=O)NCCN(CCOCCOCCOC)CCNC(=O)c1cccc(c1OCCCC)C(=O)NC(CCCCNC(=O)OC(C)(C)C)CNCCNC2=O. The van der Waals surface area contributed by atoms with Crippen LogP contribution in [0.25, 0.3) is 0 Å². The summed E-state index contributed by atoms with van der Waals surface area (Å²) in [6.07, 6.45) is 4.55. The van der Waals surface area contributed by atoms with E-state index in [1.807, 2.05) is 13.8 Å². The van der Waals surface area contributed by atoms with E-state index >= 15 is 0 Å². The fourth-order valence-corrected chi connectivity index (χ4v) is 6.72. The highest BCUT2D eigenvalue weighted by Crippen LogP contribution is 2.26.